The van der Waals surface area contributed by atoms with Crippen molar-refractivity contribution in [2.75, 3.05) is 33.3 Å². The molecule has 0 bridgehead atoms. The molecule has 1 saturated heterocycles. The molecule has 1 amide bonds. The van der Waals surface area contributed by atoms with E-state index in [4.69, 9.17) is 4.74 Å². The van der Waals surface area contributed by atoms with E-state index < -0.39 is 0 Å². The van der Waals surface area contributed by atoms with Gasteiger partial charge in [0.2, 0.25) is 5.91 Å². The molecule has 146 valence electrons. The van der Waals surface area contributed by atoms with Crippen LogP contribution in [0.25, 0.3) is 0 Å². The molecule has 0 radical (unpaired) electrons. The number of nitrogens with one attached hydrogen (secondary N) is 2. The van der Waals surface area contributed by atoms with Crippen molar-refractivity contribution in [3.8, 4) is 5.75 Å². The second-order valence-electron chi connectivity index (χ2n) is 6.70. The zero-order chi connectivity index (χ0) is 18.4. The van der Waals surface area contributed by atoms with Crippen LogP contribution in [0, 0.1) is 6.92 Å². The van der Waals surface area contributed by atoms with E-state index in [0.29, 0.717) is 13.1 Å². The molecule has 0 saturated carbocycles. The number of amides is 1. The van der Waals surface area contributed by atoms with E-state index in [1.54, 1.807) is 7.11 Å². The number of rotatable bonds is 6. The van der Waals surface area contributed by atoms with Crippen molar-refractivity contribution in [3.05, 3.63) is 65.2 Å². The minimum atomic E-state index is 0. The van der Waals surface area contributed by atoms with E-state index in [-0.39, 0.29) is 24.4 Å². The van der Waals surface area contributed by atoms with Gasteiger partial charge in [-0.2, -0.15) is 0 Å². The number of methoxy groups -OCH3 is 1. The predicted octanol–water partition coefficient (Wildman–Crippen LogP) is 2.69. The minimum absolute atomic E-state index is 0. The number of nitrogens with zero attached hydrogens (tertiary/aromatic N) is 1. The summed E-state index contributed by atoms with van der Waals surface area (Å²) in [6.45, 7) is 5.54. The number of para-hydroxylation sites is 1. The standard InChI is InChI=1S/C21H27N3O2.ClH/c1-16-6-5-7-17(12-16)13-23-21(25)15-24-11-10-22-14-19(24)18-8-3-4-9-20(18)26-2;/h3-9,12,19,22H,10-11,13-15H2,1-2H3,(H,23,25);1H. The predicted molar refractivity (Wildman–Crippen MR) is 110 cm³/mol. The molecular weight excluding hydrogens is 362 g/mol. The maximum Gasteiger partial charge on any atom is 0.234 e. The number of benzene rings is 2. The lowest BCUT2D eigenvalue weighted by Crippen LogP contribution is -2.49. The molecule has 1 heterocycles. The van der Waals surface area contributed by atoms with Gasteiger partial charge in [0, 0.05) is 31.7 Å². The Balaban J connectivity index is 0.00000261. The summed E-state index contributed by atoms with van der Waals surface area (Å²) in [5.74, 6) is 0.916. The second-order valence-corrected chi connectivity index (χ2v) is 6.70. The molecule has 1 fully saturated rings. The Morgan fingerprint density at radius 3 is 2.85 bits per heavy atom. The molecule has 1 atom stereocenters. The van der Waals surface area contributed by atoms with Crippen LogP contribution in [0.1, 0.15) is 22.7 Å². The third-order valence-corrected chi connectivity index (χ3v) is 4.77. The summed E-state index contributed by atoms with van der Waals surface area (Å²) in [6.07, 6.45) is 0. The van der Waals surface area contributed by atoms with Crippen molar-refractivity contribution >= 4 is 18.3 Å². The summed E-state index contributed by atoms with van der Waals surface area (Å²) >= 11 is 0. The average Bonchev–Trinajstić information content (AvgIpc) is 2.67. The van der Waals surface area contributed by atoms with Crippen LogP contribution in [0.4, 0.5) is 0 Å². The Hall–Kier alpha value is -2.08. The summed E-state index contributed by atoms with van der Waals surface area (Å²) in [4.78, 5) is 14.7. The number of hydrogen-bond donors (Lipinski definition) is 2. The second kappa shape index (κ2) is 10.3. The molecule has 6 heteroatoms. The van der Waals surface area contributed by atoms with Crippen LogP contribution < -0.4 is 15.4 Å². The number of ether oxygens (including phenoxy) is 1. The Morgan fingerprint density at radius 2 is 2.07 bits per heavy atom. The Labute approximate surface area is 167 Å². The fraction of sp³-hybridized carbons (Fsp3) is 0.381. The number of carbonyl (C=O) groups excluding carboxylic acids is 1. The molecule has 3 rings (SSSR count). The van der Waals surface area contributed by atoms with Gasteiger partial charge in [-0.05, 0) is 18.6 Å². The highest BCUT2D eigenvalue weighted by molar-refractivity contribution is 5.85. The van der Waals surface area contributed by atoms with E-state index in [9.17, 15) is 4.79 Å². The van der Waals surface area contributed by atoms with Crippen molar-refractivity contribution in [1.29, 1.82) is 0 Å². The lowest BCUT2D eigenvalue weighted by Gasteiger charge is -2.36. The number of hydrogen-bond acceptors (Lipinski definition) is 4. The summed E-state index contributed by atoms with van der Waals surface area (Å²) < 4.78 is 5.51. The highest BCUT2D eigenvalue weighted by Gasteiger charge is 2.27. The molecule has 2 N–H and O–H groups in total. The van der Waals surface area contributed by atoms with Crippen molar-refractivity contribution in [2.24, 2.45) is 0 Å². The van der Waals surface area contributed by atoms with Gasteiger partial charge in [0.15, 0.2) is 0 Å². The van der Waals surface area contributed by atoms with Crippen LogP contribution in [0.2, 0.25) is 0 Å². The van der Waals surface area contributed by atoms with Crippen LogP contribution in [0.3, 0.4) is 0 Å². The summed E-state index contributed by atoms with van der Waals surface area (Å²) in [7, 11) is 1.69. The van der Waals surface area contributed by atoms with Crippen molar-refractivity contribution in [3.63, 3.8) is 0 Å². The molecule has 0 aliphatic carbocycles. The first-order chi connectivity index (χ1) is 12.7. The van der Waals surface area contributed by atoms with Gasteiger partial charge < -0.3 is 15.4 Å². The maximum absolute atomic E-state index is 12.5. The van der Waals surface area contributed by atoms with Gasteiger partial charge in [-0.15, -0.1) is 12.4 Å². The van der Waals surface area contributed by atoms with Crippen LogP contribution in [0.15, 0.2) is 48.5 Å². The Bertz CT molecular complexity index is 754. The lowest BCUT2D eigenvalue weighted by atomic mass is 10.0. The van der Waals surface area contributed by atoms with E-state index in [1.807, 2.05) is 30.3 Å². The fourth-order valence-corrected chi connectivity index (χ4v) is 3.45. The minimum Gasteiger partial charge on any atom is -0.496 e. The normalized spacial score (nSPS) is 17.0. The fourth-order valence-electron chi connectivity index (χ4n) is 3.45. The molecule has 27 heavy (non-hydrogen) atoms. The number of piperazine rings is 1. The molecule has 5 nitrogen and oxygen atoms in total. The monoisotopic (exact) mass is 389 g/mol. The van der Waals surface area contributed by atoms with Gasteiger partial charge in [-0.3, -0.25) is 9.69 Å². The van der Waals surface area contributed by atoms with E-state index in [1.165, 1.54) is 5.56 Å². The number of aryl methyl sites for hydroxylation is 1. The first-order valence-corrected chi connectivity index (χ1v) is 9.07. The SMILES string of the molecule is COc1ccccc1C1CNCCN1CC(=O)NCc1cccc(C)c1.Cl. The molecular formula is C21H28ClN3O2. The van der Waals surface area contributed by atoms with Gasteiger partial charge in [-0.25, -0.2) is 0 Å². The van der Waals surface area contributed by atoms with Gasteiger partial charge >= 0.3 is 0 Å². The summed E-state index contributed by atoms with van der Waals surface area (Å²) in [5, 5.41) is 6.46. The van der Waals surface area contributed by atoms with E-state index in [0.717, 1.165) is 36.5 Å². The largest absolute Gasteiger partial charge is 0.496 e. The highest BCUT2D eigenvalue weighted by atomic mass is 35.5. The van der Waals surface area contributed by atoms with Gasteiger partial charge in [0.05, 0.1) is 19.7 Å². The van der Waals surface area contributed by atoms with Crippen LogP contribution in [0.5, 0.6) is 5.75 Å². The third-order valence-electron chi connectivity index (χ3n) is 4.77. The zero-order valence-electron chi connectivity index (χ0n) is 15.9. The van der Waals surface area contributed by atoms with Crippen molar-refractivity contribution < 1.29 is 9.53 Å². The zero-order valence-corrected chi connectivity index (χ0v) is 16.7. The van der Waals surface area contributed by atoms with Crippen LogP contribution >= 0.6 is 12.4 Å². The molecule has 0 spiro atoms. The summed E-state index contributed by atoms with van der Waals surface area (Å²) in [5.41, 5.74) is 3.45. The van der Waals surface area contributed by atoms with E-state index >= 15 is 0 Å². The van der Waals surface area contributed by atoms with Crippen LogP contribution in [-0.2, 0) is 11.3 Å². The first-order valence-electron chi connectivity index (χ1n) is 9.07. The molecule has 0 aromatic heterocycles. The molecule has 1 unspecified atom stereocenters. The van der Waals surface area contributed by atoms with Crippen molar-refractivity contribution in [2.45, 2.75) is 19.5 Å². The topological polar surface area (TPSA) is 53.6 Å². The Morgan fingerprint density at radius 1 is 1.26 bits per heavy atom. The molecule has 1 aliphatic rings. The van der Waals surface area contributed by atoms with E-state index in [2.05, 4.69) is 40.7 Å². The molecule has 2 aromatic rings. The Kier molecular flexibility index (Phi) is 8.10. The molecule has 2 aromatic carbocycles. The average molecular weight is 390 g/mol. The van der Waals surface area contributed by atoms with Gasteiger partial charge in [0.25, 0.3) is 0 Å². The van der Waals surface area contributed by atoms with Crippen LogP contribution in [-0.4, -0.2) is 44.1 Å². The number of carbonyl (C=O) groups is 1. The first kappa shape index (κ1) is 21.2. The third kappa shape index (κ3) is 5.70. The number of halogens is 1. The quantitative estimate of drug-likeness (QED) is 0.797. The van der Waals surface area contributed by atoms with Gasteiger partial charge in [-0.1, -0.05) is 48.0 Å². The highest BCUT2D eigenvalue weighted by Crippen LogP contribution is 2.29. The summed E-state index contributed by atoms with van der Waals surface area (Å²) in [6, 6.07) is 16.4. The maximum atomic E-state index is 12.5. The van der Waals surface area contributed by atoms with Gasteiger partial charge in [0.1, 0.15) is 5.75 Å². The van der Waals surface area contributed by atoms with Crippen molar-refractivity contribution in [1.82, 2.24) is 15.5 Å². The molecule has 1 aliphatic heterocycles. The smallest absolute Gasteiger partial charge is 0.234 e. The lowest BCUT2D eigenvalue weighted by molar-refractivity contribution is -0.123.